The van der Waals surface area contributed by atoms with Crippen LogP contribution in [0.25, 0.3) is 0 Å². The van der Waals surface area contributed by atoms with E-state index in [1.807, 2.05) is 0 Å². The first kappa shape index (κ1) is 15.1. The predicted octanol–water partition coefficient (Wildman–Crippen LogP) is -1.57. The van der Waals surface area contributed by atoms with Crippen molar-refractivity contribution in [3.63, 3.8) is 0 Å². The van der Waals surface area contributed by atoms with Gasteiger partial charge in [0.25, 0.3) is 5.56 Å². The molecule has 0 aromatic carbocycles. The van der Waals surface area contributed by atoms with Crippen LogP contribution < -0.4 is 11.2 Å². The molecular formula is C11H13BrN2O6. The summed E-state index contributed by atoms with van der Waals surface area (Å²) in [5.74, 6) is 0. The standard InChI is InChI=1S/C11H13BrN2O6/c12-3-1-5(15)9-7(17)8(18)10(20-9)14-6(16)2-4-13-11(14)19/h1-5,7-10,15,17-18H,(H,13,19)/t5?,7-,8-,9+,10?/m0/s1. The highest BCUT2D eigenvalue weighted by Gasteiger charge is 2.47. The van der Waals surface area contributed by atoms with Gasteiger partial charge in [-0.25, -0.2) is 9.36 Å². The monoisotopic (exact) mass is 348 g/mol. The number of aliphatic hydroxyl groups is 3. The van der Waals surface area contributed by atoms with Gasteiger partial charge in [0.15, 0.2) is 6.23 Å². The molecule has 1 aliphatic rings. The van der Waals surface area contributed by atoms with E-state index in [9.17, 15) is 24.9 Å². The summed E-state index contributed by atoms with van der Waals surface area (Å²) in [6, 6.07) is 1.09. The van der Waals surface area contributed by atoms with Crippen molar-refractivity contribution in [2.75, 3.05) is 0 Å². The molecule has 1 aromatic heterocycles. The summed E-state index contributed by atoms with van der Waals surface area (Å²) in [6.07, 6.45) is -4.23. The molecule has 1 fully saturated rings. The normalized spacial score (nSPS) is 31.8. The predicted molar refractivity (Wildman–Crippen MR) is 71.3 cm³/mol. The van der Waals surface area contributed by atoms with Crippen LogP contribution in [0.2, 0.25) is 0 Å². The van der Waals surface area contributed by atoms with Crippen molar-refractivity contribution in [1.29, 1.82) is 0 Å². The largest absolute Gasteiger partial charge is 0.387 e. The van der Waals surface area contributed by atoms with Gasteiger partial charge in [-0.15, -0.1) is 0 Å². The van der Waals surface area contributed by atoms with Crippen LogP contribution in [0.5, 0.6) is 0 Å². The lowest BCUT2D eigenvalue weighted by molar-refractivity contribution is -0.0738. The molecule has 9 heteroatoms. The Morgan fingerprint density at radius 1 is 1.40 bits per heavy atom. The molecule has 0 bridgehead atoms. The van der Waals surface area contributed by atoms with Crippen molar-refractivity contribution >= 4 is 15.9 Å². The molecule has 5 atom stereocenters. The van der Waals surface area contributed by atoms with Crippen molar-refractivity contribution < 1.29 is 20.1 Å². The minimum absolute atomic E-state index is 0.651. The van der Waals surface area contributed by atoms with Crippen LogP contribution in [0.15, 0.2) is 32.9 Å². The lowest BCUT2D eigenvalue weighted by Crippen LogP contribution is -2.42. The van der Waals surface area contributed by atoms with Crippen LogP contribution in [-0.2, 0) is 4.74 Å². The Morgan fingerprint density at radius 2 is 2.10 bits per heavy atom. The van der Waals surface area contributed by atoms with Crippen LogP contribution >= 0.6 is 15.9 Å². The average Bonchev–Trinajstić information content (AvgIpc) is 2.68. The van der Waals surface area contributed by atoms with E-state index in [0.29, 0.717) is 4.57 Å². The van der Waals surface area contributed by atoms with Gasteiger partial charge in [-0.2, -0.15) is 0 Å². The number of aromatic amines is 1. The zero-order valence-electron chi connectivity index (χ0n) is 10.1. The number of nitrogens with zero attached hydrogens (tertiary/aromatic N) is 1. The first-order valence-electron chi connectivity index (χ1n) is 5.74. The molecule has 0 radical (unpaired) electrons. The van der Waals surface area contributed by atoms with Gasteiger partial charge < -0.3 is 25.0 Å². The van der Waals surface area contributed by atoms with Crippen molar-refractivity contribution in [2.24, 2.45) is 0 Å². The first-order chi connectivity index (χ1) is 9.47. The Hall–Kier alpha value is -1.26. The molecule has 1 aromatic rings. The van der Waals surface area contributed by atoms with Crippen LogP contribution in [-0.4, -0.2) is 49.3 Å². The fourth-order valence-corrected chi connectivity index (χ4v) is 2.35. The number of aromatic nitrogens is 2. The minimum Gasteiger partial charge on any atom is -0.387 e. The second-order valence-electron chi connectivity index (χ2n) is 4.27. The number of H-pyrrole nitrogens is 1. The fourth-order valence-electron chi connectivity index (χ4n) is 2.04. The highest BCUT2D eigenvalue weighted by molar-refractivity contribution is 9.11. The average molecular weight is 349 g/mol. The van der Waals surface area contributed by atoms with E-state index in [2.05, 4.69) is 20.9 Å². The van der Waals surface area contributed by atoms with Gasteiger partial charge in [-0.05, 0) is 11.1 Å². The molecule has 0 spiro atoms. The van der Waals surface area contributed by atoms with Gasteiger partial charge in [0.2, 0.25) is 0 Å². The summed E-state index contributed by atoms with van der Waals surface area (Å²) >= 11 is 2.96. The van der Waals surface area contributed by atoms with E-state index >= 15 is 0 Å². The molecule has 8 nitrogen and oxygen atoms in total. The molecule has 2 rings (SSSR count). The van der Waals surface area contributed by atoms with Gasteiger partial charge in [0.05, 0.1) is 0 Å². The molecule has 1 saturated heterocycles. The zero-order chi connectivity index (χ0) is 14.9. The SMILES string of the molecule is O=c1cc[nH]c(=O)n1C1O[C@H](C(O)C=CBr)[C@@H](O)[C@@H]1O. The third kappa shape index (κ3) is 2.63. The number of nitrogens with one attached hydrogen (secondary N) is 1. The van der Waals surface area contributed by atoms with Gasteiger partial charge in [-0.3, -0.25) is 4.79 Å². The summed E-state index contributed by atoms with van der Waals surface area (Å²) in [6.45, 7) is 0. The van der Waals surface area contributed by atoms with E-state index < -0.39 is 41.9 Å². The van der Waals surface area contributed by atoms with Crippen LogP contribution in [0.3, 0.4) is 0 Å². The first-order valence-corrected chi connectivity index (χ1v) is 6.65. The van der Waals surface area contributed by atoms with Crippen LogP contribution in [0.4, 0.5) is 0 Å². The topological polar surface area (TPSA) is 125 Å². The highest BCUT2D eigenvalue weighted by Crippen LogP contribution is 2.29. The van der Waals surface area contributed by atoms with E-state index in [1.165, 1.54) is 17.3 Å². The molecule has 0 amide bonds. The van der Waals surface area contributed by atoms with Crippen LogP contribution in [0.1, 0.15) is 6.23 Å². The van der Waals surface area contributed by atoms with E-state index in [4.69, 9.17) is 4.74 Å². The van der Waals surface area contributed by atoms with Gasteiger partial charge in [0.1, 0.15) is 24.4 Å². The molecule has 110 valence electrons. The van der Waals surface area contributed by atoms with E-state index in [0.717, 1.165) is 6.07 Å². The maximum Gasteiger partial charge on any atom is 0.330 e. The van der Waals surface area contributed by atoms with Crippen LogP contribution in [0, 0.1) is 0 Å². The molecule has 2 unspecified atom stereocenters. The number of hydrogen-bond acceptors (Lipinski definition) is 6. The zero-order valence-corrected chi connectivity index (χ0v) is 11.7. The Morgan fingerprint density at radius 3 is 2.70 bits per heavy atom. The summed E-state index contributed by atoms with van der Waals surface area (Å²) < 4.78 is 5.92. The van der Waals surface area contributed by atoms with Crippen molar-refractivity contribution in [1.82, 2.24) is 9.55 Å². The Labute approximate surface area is 121 Å². The summed E-state index contributed by atoms with van der Waals surface area (Å²) in [5.41, 5.74) is -1.46. The fraction of sp³-hybridized carbons (Fsp3) is 0.455. The Kier molecular flexibility index (Phi) is 4.55. The summed E-state index contributed by atoms with van der Waals surface area (Å²) in [4.78, 5) is 26.9. The maximum absolute atomic E-state index is 11.7. The van der Waals surface area contributed by atoms with E-state index in [1.54, 1.807) is 0 Å². The smallest absolute Gasteiger partial charge is 0.330 e. The molecular weight excluding hydrogens is 336 g/mol. The molecule has 4 N–H and O–H groups in total. The van der Waals surface area contributed by atoms with E-state index in [-0.39, 0.29) is 0 Å². The minimum atomic E-state index is -1.51. The highest BCUT2D eigenvalue weighted by atomic mass is 79.9. The third-order valence-electron chi connectivity index (χ3n) is 3.03. The third-order valence-corrected chi connectivity index (χ3v) is 3.33. The second-order valence-corrected chi connectivity index (χ2v) is 4.80. The van der Waals surface area contributed by atoms with Crippen molar-refractivity contribution in [2.45, 2.75) is 30.6 Å². The molecule has 0 saturated carbocycles. The summed E-state index contributed by atoms with van der Waals surface area (Å²) in [7, 11) is 0. The number of hydrogen-bond donors (Lipinski definition) is 4. The van der Waals surface area contributed by atoms with Crippen molar-refractivity contribution in [3.8, 4) is 0 Å². The number of ether oxygens (including phenoxy) is 1. The lowest BCUT2D eigenvalue weighted by Gasteiger charge is -2.17. The van der Waals surface area contributed by atoms with Gasteiger partial charge >= 0.3 is 5.69 Å². The number of aliphatic hydroxyl groups excluding tert-OH is 3. The van der Waals surface area contributed by atoms with Gasteiger partial charge in [-0.1, -0.05) is 15.9 Å². The Balaban J connectivity index is 2.36. The number of halogens is 1. The molecule has 20 heavy (non-hydrogen) atoms. The quantitative estimate of drug-likeness (QED) is 0.522. The maximum atomic E-state index is 11.7. The molecule has 1 aliphatic heterocycles. The molecule has 0 aliphatic carbocycles. The Bertz CT molecular complexity index is 583. The van der Waals surface area contributed by atoms with Gasteiger partial charge in [0, 0.05) is 12.3 Å². The number of rotatable bonds is 3. The lowest BCUT2D eigenvalue weighted by atomic mass is 10.1. The van der Waals surface area contributed by atoms with Crippen molar-refractivity contribution in [3.05, 3.63) is 44.2 Å². The summed E-state index contributed by atoms with van der Waals surface area (Å²) in [5, 5.41) is 29.5. The molecule has 2 heterocycles. The second kappa shape index (κ2) is 6.02.